The summed E-state index contributed by atoms with van der Waals surface area (Å²) in [5, 5.41) is 0. The van der Waals surface area contributed by atoms with Crippen LogP contribution in [0.1, 0.15) is 59.8 Å². The zero-order valence-electron chi connectivity index (χ0n) is 11.1. The molecule has 0 rings (SSSR count). The first-order valence-electron chi connectivity index (χ1n) is 6.47. The zero-order chi connectivity index (χ0) is 11.8. The molecule has 0 aromatic rings. The van der Waals surface area contributed by atoms with Crippen molar-refractivity contribution in [3.05, 3.63) is 12.2 Å². The van der Waals surface area contributed by atoms with Crippen molar-refractivity contribution in [1.82, 2.24) is 0 Å². The quantitative estimate of drug-likeness (QED) is 0.600. The van der Waals surface area contributed by atoms with Crippen LogP contribution in [0, 0.1) is 11.8 Å². The Morgan fingerprint density at radius 2 is 1.73 bits per heavy atom. The van der Waals surface area contributed by atoms with Crippen molar-refractivity contribution in [3.63, 3.8) is 0 Å². The van der Waals surface area contributed by atoms with E-state index in [1.165, 1.54) is 24.8 Å². The molecule has 2 N–H and O–H groups in total. The predicted octanol–water partition coefficient (Wildman–Crippen LogP) is 4.13. The molecular formula is C14H29N. The summed E-state index contributed by atoms with van der Waals surface area (Å²) in [7, 11) is 0. The summed E-state index contributed by atoms with van der Waals surface area (Å²) < 4.78 is 0. The Balaban J connectivity index is 3.73. The molecule has 0 heterocycles. The van der Waals surface area contributed by atoms with Crippen LogP contribution in [-0.2, 0) is 0 Å². The molecule has 90 valence electrons. The van der Waals surface area contributed by atoms with Crippen LogP contribution in [0.2, 0.25) is 0 Å². The van der Waals surface area contributed by atoms with Crippen molar-refractivity contribution >= 4 is 0 Å². The lowest BCUT2D eigenvalue weighted by Gasteiger charge is -2.20. The Kier molecular flexibility index (Phi) is 7.76. The van der Waals surface area contributed by atoms with Crippen molar-refractivity contribution in [2.75, 3.05) is 0 Å². The fraction of sp³-hybridized carbons (Fsp3) is 0.857. The van der Waals surface area contributed by atoms with E-state index in [9.17, 15) is 0 Å². The highest BCUT2D eigenvalue weighted by Gasteiger charge is 2.12. The van der Waals surface area contributed by atoms with E-state index in [4.69, 9.17) is 5.73 Å². The van der Waals surface area contributed by atoms with Crippen molar-refractivity contribution in [1.29, 1.82) is 0 Å². The maximum atomic E-state index is 6.12. The van der Waals surface area contributed by atoms with Crippen LogP contribution < -0.4 is 5.73 Å². The van der Waals surface area contributed by atoms with Crippen molar-refractivity contribution in [2.45, 2.75) is 65.8 Å². The van der Waals surface area contributed by atoms with E-state index in [0.29, 0.717) is 5.92 Å². The maximum Gasteiger partial charge on any atom is 0.0253 e. The van der Waals surface area contributed by atoms with E-state index in [2.05, 4.69) is 34.3 Å². The van der Waals surface area contributed by atoms with Gasteiger partial charge in [0.2, 0.25) is 0 Å². The van der Waals surface area contributed by atoms with Crippen LogP contribution in [-0.4, -0.2) is 6.04 Å². The molecule has 0 radical (unpaired) electrons. The highest BCUT2D eigenvalue weighted by atomic mass is 14.6. The second-order valence-electron chi connectivity index (χ2n) is 4.94. The number of nitrogens with two attached hydrogens (primary N) is 1. The van der Waals surface area contributed by atoms with Gasteiger partial charge < -0.3 is 5.73 Å². The third-order valence-electron chi connectivity index (χ3n) is 3.63. The predicted molar refractivity (Wildman–Crippen MR) is 69.9 cm³/mol. The fourth-order valence-corrected chi connectivity index (χ4v) is 1.70. The van der Waals surface area contributed by atoms with Crippen LogP contribution in [0.15, 0.2) is 12.2 Å². The Morgan fingerprint density at radius 1 is 1.13 bits per heavy atom. The molecule has 0 saturated heterocycles. The largest absolute Gasteiger partial charge is 0.324 e. The molecule has 0 spiro atoms. The smallest absolute Gasteiger partial charge is 0.0253 e. The van der Waals surface area contributed by atoms with Crippen LogP contribution in [0.25, 0.3) is 0 Å². The Labute approximate surface area is 96.1 Å². The molecule has 0 aliphatic rings. The number of rotatable bonds is 8. The Morgan fingerprint density at radius 3 is 2.20 bits per heavy atom. The van der Waals surface area contributed by atoms with E-state index < -0.39 is 0 Å². The van der Waals surface area contributed by atoms with Gasteiger partial charge in [0.25, 0.3) is 0 Å². The first kappa shape index (κ1) is 14.7. The highest BCUT2D eigenvalue weighted by Crippen LogP contribution is 2.19. The summed E-state index contributed by atoms with van der Waals surface area (Å²) in [4.78, 5) is 0. The first-order chi connectivity index (χ1) is 7.02. The minimum atomic E-state index is 0.212. The Bertz CT molecular complexity index is 174. The molecule has 0 amide bonds. The molecule has 1 nitrogen and oxygen atoms in total. The maximum absolute atomic E-state index is 6.12. The van der Waals surface area contributed by atoms with Gasteiger partial charge in [0.15, 0.2) is 0 Å². The van der Waals surface area contributed by atoms with Gasteiger partial charge in [-0.05, 0) is 24.7 Å². The van der Waals surface area contributed by atoms with E-state index >= 15 is 0 Å². The second kappa shape index (κ2) is 7.92. The molecular weight excluding hydrogens is 182 g/mol. The van der Waals surface area contributed by atoms with E-state index in [1.807, 2.05) is 0 Å². The second-order valence-corrected chi connectivity index (χ2v) is 4.94. The van der Waals surface area contributed by atoms with E-state index in [1.54, 1.807) is 0 Å². The molecule has 0 aliphatic heterocycles. The van der Waals surface area contributed by atoms with E-state index in [0.717, 1.165) is 18.8 Å². The van der Waals surface area contributed by atoms with Gasteiger partial charge in [0.1, 0.15) is 0 Å². The minimum absolute atomic E-state index is 0.212. The monoisotopic (exact) mass is 211 g/mol. The van der Waals surface area contributed by atoms with Gasteiger partial charge in [-0.15, -0.1) is 0 Å². The van der Waals surface area contributed by atoms with Gasteiger partial charge in [0, 0.05) is 6.04 Å². The lowest BCUT2D eigenvalue weighted by Crippen LogP contribution is -2.25. The van der Waals surface area contributed by atoms with Crippen molar-refractivity contribution in [2.24, 2.45) is 17.6 Å². The molecule has 0 aromatic heterocycles. The molecule has 3 unspecified atom stereocenters. The minimum Gasteiger partial charge on any atom is -0.324 e. The fourth-order valence-electron chi connectivity index (χ4n) is 1.70. The normalized spacial score (nSPS) is 17.1. The zero-order valence-corrected chi connectivity index (χ0v) is 11.1. The molecule has 0 aromatic carbocycles. The third-order valence-corrected chi connectivity index (χ3v) is 3.63. The van der Waals surface area contributed by atoms with Gasteiger partial charge in [-0.1, -0.05) is 59.1 Å². The van der Waals surface area contributed by atoms with Crippen LogP contribution >= 0.6 is 0 Å². The van der Waals surface area contributed by atoms with Gasteiger partial charge in [-0.2, -0.15) is 0 Å². The highest BCUT2D eigenvalue weighted by molar-refractivity contribution is 5.07. The summed E-state index contributed by atoms with van der Waals surface area (Å²) in [6, 6.07) is 0.212. The summed E-state index contributed by atoms with van der Waals surface area (Å²) in [6.45, 7) is 13.1. The first-order valence-corrected chi connectivity index (χ1v) is 6.47. The summed E-state index contributed by atoms with van der Waals surface area (Å²) in [6.07, 6.45) is 6.08. The van der Waals surface area contributed by atoms with Crippen molar-refractivity contribution < 1.29 is 0 Å². The Hall–Kier alpha value is -0.300. The number of hydrogen-bond acceptors (Lipinski definition) is 1. The summed E-state index contributed by atoms with van der Waals surface area (Å²) >= 11 is 0. The summed E-state index contributed by atoms with van der Waals surface area (Å²) in [5.74, 6) is 1.41. The molecule has 15 heavy (non-hydrogen) atoms. The molecule has 0 bridgehead atoms. The van der Waals surface area contributed by atoms with E-state index in [-0.39, 0.29) is 6.04 Å². The van der Waals surface area contributed by atoms with Gasteiger partial charge >= 0.3 is 0 Å². The van der Waals surface area contributed by atoms with Gasteiger partial charge in [-0.25, -0.2) is 0 Å². The molecule has 0 fully saturated rings. The third kappa shape index (κ3) is 5.99. The topological polar surface area (TPSA) is 26.0 Å². The molecule has 1 heteroatoms. The lowest BCUT2D eigenvalue weighted by atomic mass is 9.90. The van der Waals surface area contributed by atoms with Crippen LogP contribution in [0.5, 0.6) is 0 Å². The lowest BCUT2D eigenvalue weighted by molar-refractivity contribution is 0.462. The molecule has 3 atom stereocenters. The number of hydrogen-bond donors (Lipinski definition) is 1. The SMILES string of the molecule is C=C(C(C)CC)C(N)CCCC(C)CC. The van der Waals surface area contributed by atoms with Crippen LogP contribution in [0.3, 0.4) is 0 Å². The average molecular weight is 211 g/mol. The van der Waals surface area contributed by atoms with Crippen molar-refractivity contribution in [3.8, 4) is 0 Å². The summed E-state index contributed by atoms with van der Waals surface area (Å²) in [5.41, 5.74) is 7.36. The average Bonchev–Trinajstić information content (AvgIpc) is 2.26. The van der Waals surface area contributed by atoms with Crippen LogP contribution in [0.4, 0.5) is 0 Å². The molecule has 0 saturated carbocycles. The standard InChI is InChI=1S/C14H29N/c1-6-11(3)9-8-10-14(15)13(5)12(4)7-2/h11-12,14H,5-10,15H2,1-4H3. The van der Waals surface area contributed by atoms with Gasteiger partial charge in [0.05, 0.1) is 0 Å². The van der Waals surface area contributed by atoms with Gasteiger partial charge in [-0.3, -0.25) is 0 Å². The molecule has 0 aliphatic carbocycles.